The summed E-state index contributed by atoms with van der Waals surface area (Å²) in [7, 11) is 0. The van der Waals surface area contributed by atoms with Gasteiger partial charge < -0.3 is 10.5 Å². The van der Waals surface area contributed by atoms with Crippen LogP contribution in [0.1, 0.15) is 24.8 Å². The van der Waals surface area contributed by atoms with Crippen LogP contribution in [0.5, 0.6) is 0 Å². The van der Waals surface area contributed by atoms with Gasteiger partial charge in [0, 0.05) is 22.3 Å². The molecule has 0 amide bonds. The summed E-state index contributed by atoms with van der Waals surface area (Å²) < 4.78 is 8.42. The van der Waals surface area contributed by atoms with E-state index in [1.807, 2.05) is 18.2 Å². The van der Waals surface area contributed by atoms with Crippen molar-refractivity contribution >= 4 is 37.9 Å². The Morgan fingerprint density at radius 2 is 2.29 bits per heavy atom. The SMILES string of the molecule is Nc1ccc(Br)c(-c2nn3c(C4CCCO4)nnc3s2)c1. The molecule has 21 heavy (non-hydrogen) atoms. The molecule has 1 saturated heterocycles. The smallest absolute Gasteiger partial charge is 0.235 e. The molecule has 0 bridgehead atoms. The van der Waals surface area contributed by atoms with E-state index in [1.54, 1.807) is 4.52 Å². The minimum Gasteiger partial charge on any atom is -0.399 e. The zero-order chi connectivity index (χ0) is 14.4. The molecule has 1 aliphatic heterocycles. The molecule has 0 saturated carbocycles. The predicted octanol–water partition coefficient (Wildman–Crippen LogP) is 3.05. The van der Waals surface area contributed by atoms with Crippen molar-refractivity contribution in [2.45, 2.75) is 18.9 Å². The van der Waals surface area contributed by atoms with Crippen LogP contribution >= 0.6 is 27.3 Å². The number of benzene rings is 1. The van der Waals surface area contributed by atoms with Gasteiger partial charge in [0.2, 0.25) is 4.96 Å². The molecule has 4 rings (SSSR count). The van der Waals surface area contributed by atoms with Crippen molar-refractivity contribution in [3.63, 3.8) is 0 Å². The lowest BCUT2D eigenvalue weighted by atomic mass is 10.2. The molecule has 1 aliphatic rings. The van der Waals surface area contributed by atoms with Crippen molar-refractivity contribution in [2.75, 3.05) is 12.3 Å². The Balaban J connectivity index is 1.82. The highest BCUT2D eigenvalue weighted by Crippen LogP contribution is 2.34. The van der Waals surface area contributed by atoms with Crippen LogP contribution in [0.15, 0.2) is 22.7 Å². The average Bonchev–Trinajstić information content (AvgIpc) is 3.15. The van der Waals surface area contributed by atoms with Gasteiger partial charge in [-0.1, -0.05) is 27.3 Å². The number of aromatic nitrogens is 4. The van der Waals surface area contributed by atoms with Gasteiger partial charge in [0.1, 0.15) is 11.1 Å². The van der Waals surface area contributed by atoms with E-state index in [-0.39, 0.29) is 6.10 Å². The van der Waals surface area contributed by atoms with Crippen molar-refractivity contribution in [1.82, 2.24) is 19.8 Å². The summed E-state index contributed by atoms with van der Waals surface area (Å²) in [5.74, 6) is 0.782. The molecule has 1 atom stereocenters. The largest absolute Gasteiger partial charge is 0.399 e. The van der Waals surface area contributed by atoms with E-state index in [0.717, 1.165) is 45.3 Å². The summed E-state index contributed by atoms with van der Waals surface area (Å²) >= 11 is 5.03. The molecule has 3 heterocycles. The Kier molecular flexibility index (Phi) is 3.16. The van der Waals surface area contributed by atoms with Gasteiger partial charge in [-0.15, -0.1) is 10.2 Å². The molecular weight excluding hydrogens is 354 g/mol. The number of nitrogens with two attached hydrogens (primary N) is 1. The number of rotatable bonds is 2. The Morgan fingerprint density at radius 1 is 1.38 bits per heavy atom. The second-order valence-corrected chi connectivity index (χ2v) is 6.71. The summed E-state index contributed by atoms with van der Waals surface area (Å²) in [5, 5.41) is 13.9. The molecule has 6 nitrogen and oxygen atoms in total. The second-order valence-electron chi connectivity index (χ2n) is 4.90. The van der Waals surface area contributed by atoms with E-state index in [0.29, 0.717) is 5.69 Å². The van der Waals surface area contributed by atoms with Crippen molar-refractivity contribution < 1.29 is 4.74 Å². The molecule has 0 radical (unpaired) electrons. The normalized spacial score (nSPS) is 18.6. The van der Waals surface area contributed by atoms with Gasteiger partial charge in [-0.3, -0.25) is 0 Å². The van der Waals surface area contributed by atoms with E-state index in [9.17, 15) is 0 Å². The molecule has 108 valence electrons. The Labute approximate surface area is 133 Å². The van der Waals surface area contributed by atoms with Crippen LogP contribution in [0.2, 0.25) is 0 Å². The first-order valence-electron chi connectivity index (χ1n) is 6.61. The first kappa shape index (κ1) is 13.2. The molecular formula is C13H12BrN5OS. The van der Waals surface area contributed by atoms with Crippen molar-refractivity contribution in [3.05, 3.63) is 28.5 Å². The van der Waals surface area contributed by atoms with E-state index in [4.69, 9.17) is 10.5 Å². The summed E-state index contributed by atoms with van der Waals surface area (Å²) in [6, 6.07) is 5.68. The van der Waals surface area contributed by atoms with Gasteiger partial charge in [0.15, 0.2) is 5.82 Å². The lowest BCUT2D eigenvalue weighted by Gasteiger charge is -2.04. The highest BCUT2D eigenvalue weighted by Gasteiger charge is 2.25. The number of hydrogen-bond acceptors (Lipinski definition) is 6. The first-order valence-corrected chi connectivity index (χ1v) is 8.22. The Hall–Kier alpha value is -1.51. The van der Waals surface area contributed by atoms with E-state index < -0.39 is 0 Å². The lowest BCUT2D eigenvalue weighted by Crippen LogP contribution is -2.03. The van der Waals surface area contributed by atoms with Crippen molar-refractivity contribution in [2.24, 2.45) is 0 Å². The molecule has 8 heteroatoms. The van der Waals surface area contributed by atoms with Gasteiger partial charge in [0.25, 0.3) is 0 Å². The van der Waals surface area contributed by atoms with Crippen LogP contribution in [0, 0.1) is 0 Å². The average molecular weight is 366 g/mol. The third-order valence-corrected chi connectivity index (χ3v) is 5.08. The van der Waals surface area contributed by atoms with Crippen LogP contribution in [0.4, 0.5) is 5.69 Å². The predicted molar refractivity (Wildman–Crippen MR) is 84.1 cm³/mol. The van der Waals surface area contributed by atoms with Crippen molar-refractivity contribution in [1.29, 1.82) is 0 Å². The fourth-order valence-electron chi connectivity index (χ4n) is 2.43. The highest BCUT2D eigenvalue weighted by atomic mass is 79.9. The summed E-state index contributed by atoms with van der Waals surface area (Å²) in [6.07, 6.45) is 2.02. The van der Waals surface area contributed by atoms with Gasteiger partial charge in [-0.05, 0) is 31.0 Å². The van der Waals surface area contributed by atoms with Gasteiger partial charge >= 0.3 is 0 Å². The van der Waals surface area contributed by atoms with Crippen LogP contribution in [-0.4, -0.2) is 26.4 Å². The van der Waals surface area contributed by atoms with Crippen LogP contribution in [0.25, 0.3) is 15.5 Å². The summed E-state index contributed by atoms with van der Waals surface area (Å²) in [5.41, 5.74) is 7.53. The quantitative estimate of drug-likeness (QED) is 0.706. The number of fused-ring (bicyclic) bond motifs is 1. The van der Waals surface area contributed by atoms with E-state index in [1.165, 1.54) is 11.3 Å². The van der Waals surface area contributed by atoms with Crippen LogP contribution in [-0.2, 0) is 4.74 Å². The molecule has 0 aliphatic carbocycles. The van der Waals surface area contributed by atoms with E-state index >= 15 is 0 Å². The maximum atomic E-state index is 5.87. The fourth-order valence-corrected chi connectivity index (χ4v) is 3.87. The number of ether oxygens (including phenoxy) is 1. The topological polar surface area (TPSA) is 78.3 Å². The van der Waals surface area contributed by atoms with Gasteiger partial charge in [0.05, 0.1) is 0 Å². The first-order chi connectivity index (χ1) is 10.2. The number of hydrogen-bond donors (Lipinski definition) is 1. The van der Waals surface area contributed by atoms with Gasteiger partial charge in [-0.2, -0.15) is 9.61 Å². The Morgan fingerprint density at radius 3 is 3.10 bits per heavy atom. The second kappa shape index (κ2) is 5.04. The third-order valence-electron chi connectivity index (χ3n) is 3.45. The number of anilines is 1. The molecule has 0 spiro atoms. The zero-order valence-corrected chi connectivity index (χ0v) is 13.4. The van der Waals surface area contributed by atoms with Gasteiger partial charge in [-0.25, -0.2) is 0 Å². The Bertz CT molecular complexity index is 808. The minimum atomic E-state index is -0.000710. The molecule has 1 unspecified atom stereocenters. The van der Waals surface area contributed by atoms with E-state index in [2.05, 4.69) is 31.2 Å². The number of nitrogen functional groups attached to an aromatic ring is 1. The number of nitrogens with zero attached hydrogens (tertiary/aromatic N) is 4. The number of halogens is 1. The molecule has 1 fully saturated rings. The zero-order valence-electron chi connectivity index (χ0n) is 11.0. The summed E-state index contributed by atoms with van der Waals surface area (Å²) in [6.45, 7) is 0.775. The monoisotopic (exact) mass is 365 g/mol. The highest BCUT2D eigenvalue weighted by molar-refractivity contribution is 9.10. The minimum absolute atomic E-state index is 0.000710. The van der Waals surface area contributed by atoms with Crippen LogP contribution in [0.3, 0.4) is 0 Å². The van der Waals surface area contributed by atoms with Crippen LogP contribution < -0.4 is 5.73 Å². The van der Waals surface area contributed by atoms with Crippen molar-refractivity contribution in [3.8, 4) is 10.6 Å². The maximum absolute atomic E-state index is 5.87. The molecule has 2 aromatic heterocycles. The third kappa shape index (κ3) is 2.23. The maximum Gasteiger partial charge on any atom is 0.235 e. The lowest BCUT2D eigenvalue weighted by molar-refractivity contribution is 0.103. The standard InChI is InChI=1S/C13H12BrN5OS/c14-9-4-3-7(15)6-8(9)12-18-19-11(10-2-1-5-20-10)16-17-13(19)21-12/h3-4,6,10H,1-2,5,15H2. The summed E-state index contributed by atoms with van der Waals surface area (Å²) in [4.78, 5) is 0.768. The fraction of sp³-hybridized carbons (Fsp3) is 0.308. The molecule has 2 N–H and O–H groups in total. The molecule has 3 aromatic rings. The molecule has 1 aromatic carbocycles.